The minimum atomic E-state index is -3.75. The van der Waals surface area contributed by atoms with Gasteiger partial charge in [-0.3, -0.25) is 4.72 Å². The van der Waals surface area contributed by atoms with E-state index in [9.17, 15) is 13.7 Å². The Labute approximate surface area is 191 Å². The molecule has 4 aromatic rings. The van der Waals surface area contributed by atoms with Gasteiger partial charge in [-0.1, -0.05) is 54.1 Å². The van der Waals surface area contributed by atoms with Crippen molar-refractivity contribution in [1.82, 2.24) is 4.98 Å². The third kappa shape index (κ3) is 4.42. The van der Waals surface area contributed by atoms with Crippen molar-refractivity contribution in [2.75, 3.05) is 10.5 Å². The summed E-state index contributed by atoms with van der Waals surface area (Å²) in [7, 11) is -3.75. The van der Waals surface area contributed by atoms with Crippen molar-refractivity contribution in [2.45, 2.75) is 4.90 Å². The van der Waals surface area contributed by atoms with E-state index >= 15 is 0 Å². The van der Waals surface area contributed by atoms with Crippen LogP contribution in [0.4, 0.5) is 11.5 Å². The fourth-order valence-electron chi connectivity index (χ4n) is 3.21. The van der Waals surface area contributed by atoms with Crippen molar-refractivity contribution in [2.24, 2.45) is 0 Å². The van der Waals surface area contributed by atoms with Crippen LogP contribution < -0.4 is 10.5 Å². The number of sulfonamides is 1. The lowest BCUT2D eigenvalue weighted by atomic mass is 9.98. The van der Waals surface area contributed by atoms with Gasteiger partial charge in [0.15, 0.2) is 0 Å². The van der Waals surface area contributed by atoms with Gasteiger partial charge < -0.3 is 5.73 Å². The number of hydrogen-bond donors (Lipinski definition) is 2. The van der Waals surface area contributed by atoms with Crippen LogP contribution in [0.5, 0.6) is 0 Å². The quantitative estimate of drug-likeness (QED) is 0.418. The molecule has 6 nitrogen and oxygen atoms in total. The molecule has 1 heterocycles. The maximum Gasteiger partial charge on any atom is 0.261 e. The fourth-order valence-corrected chi connectivity index (χ4v) is 4.40. The molecule has 0 aliphatic carbocycles. The molecule has 0 aliphatic rings. The Morgan fingerprint density at radius 1 is 0.906 bits per heavy atom. The second-order valence-electron chi connectivity index (χ2n) is 6.93. The Kier molecular flexibility index (Phi) is 5.82. The molecule has 158 valence electrons. The summed E-state index contributed by atoms with van der Waals surface area (Å²) in [6, 6.07) is 26.0. The van der Waals surface area contributed by atoms with Gasteiger partial charge in [-0.15, -0.1) is 0 Å². The summed E-state index contributed by atoms with van der Waals surface area (Å²) in [6.07, 6.45) is 0. The third-order valence-corrected chi connectivity index (χ3v) is 6.45. The minimum absolute atomic E-state index is 0.111. The minimum Gasteiger partial charge on any atom is -0.383 e. The molecule has 8 heteroatoms. The van der Waals surface area contributed by atoms with E-state index in [-0.39, 0.29) is 10.7 Å². The molecule has 4 rings (SSSR count). The van der Waals surface area contributed by atoms with Gasteiger partial charge in [0.1, 0.15) is 17.5 Å². The Morgan fingerprint density at radius 3 is 2.19 bits per heavy atom. The first-order chi connectivity index (χ1) is 15.4. The molecule has 3 aromatic carbocycles. The summed E-state index contributed by atoms with van der Waals surface area (Å²) in [5, 5.41) is 9.99. The number of nitrogens with zero attached hydrogens (tertiary/aromatic N) is 2. The SMILES string of the molecule is N#Cc1c(-c2ccccc2)cc(-c2ccc(NS(=O)(=O)c3ccc(Cl)cc3)cc2)nc1N. The van der Waals surface area contributed by atoms with Crippen LogP contribution in [0, 0.1) is 11.3 Å². The number of nitrogens with two attached hydrogens (primary N) is 1. The van der Waals surface area contributed by atoms with Crippen molar-refractivity contribution >= 4 is 33.1 Å². The molecule has 0 saturated heterocycles. The molecule has 0 saturated carbocycles. The standard InChI is InChI=1S/C24H17ClN4O2S/c25-18-8-12-20(13-9-18)32(30,31)29-19-10-6-17(7-11-19)23-14-21(16-4-2-1-3-5-16)22(15-26)24(27)28-23/h1-14,29H,(H2,27,28). The van der Waals surface area contributed by atoms with E-state index in [0.717, 1.165) is 11.1 Å². The molecule has 0 spiro atoms. The summed E-state index contributed by atoms with van der Waals surface area (Å²) in [5.41, 5.74) is 9.61. The van der Waals surface area contributed by atoms with E-state index in [1.54, 1.807) is 30.3 Å². The number of anilines is 2. The zero-order valence-corrected chi connectivity index (χ0v) is 18.2. The molecular formula is C24H17ClN4O2S. The lowest BCUT2D eigenvalue weighted by Crippen LogP contribution is -2.12. The van der Waals surface area contributed by atoms with Gasteiger partial charge in [0.05, 0.1) is 10.6 Å². The van der Waals surface area contributed by atoms with E-state index in [4.69, 9.17) is 17.3 Å². The summed E-state index contributed by atoms with van der Waals surface area (Å²) in [5.74, 6) is 0.136. The lowest BCUT2D eigenvalue weighted by molar-refractivity contribution is 0.601. The molecule has 0 atom stereocenters. The predicted octanol–water partition coefficient (Wildman–Crippen LogP) is 5.32. The zero-order chi connectivity index (χ0) is 22.7. The van der Waals surface area contributed by atoms with Crippen LogP contribution in [0.2, 0.25) is 5.02 Å². The number of pyridine rings is 1. The van der Waals surface area contributed by atoms with E-state index in [1.807, 2.05) is 30.3 Å². The summed E-state index contributed by atoms with van der Waals surface area (Å²) in [4.78, 5) is 4.48. The number of nitriles is 1. The van der Waals surface area contributed by atoms with Gasteiger partial charge in [-0.25, -0.2) is 13.4 Å². The van der Waals surface area contributed by atoms with Gasteiger partial charge in [-0.05, 0) is 48.0 Å². The molecule has 3 N–H and O–H groups in total. The topological polar surface area (TPSA) is 109 Å². The average molecular weight is 461 g/mol. The van der Waals surface area contributed by atoms with Crippen LogP contribution in [-0.2, 0) is 10.0 Å². The van der Waals surface area contributed by atoms with Crippen molar-refractivity contribution in [3.8, 4) is 28.5 Å². The van der Waals surface area contributed by atoms with Crippen LogP contribution in [0.25, 0.3) is 22.4 Å². The van der Waals surface area contributed by atoms with Crippen molar-refractivity contribution in [3.05, 3.63) is 95.5 Å². The number of benzene rings is 3. The monoisotopic (exact) mass is 460 g/mol. The Bertz CT molecular complexity index is 1410. The van der Waals surface area contributed by atoms with Crippen LogP contribution in [0.3, 0.4) is 0 Å². The highest BCUT2D eigenvalue weighted by molar-refractivity contribution is 7.92. The second kappa shape index (κ2) is 8.71. The third-order valence-electron chi connectivity index (χ3n) is 4.80. The largest absolute Gasteiger partial charge is 0.383 e. The molecule has 0 fully saturated rings. The van der Waals surface area contributed by atoms with E-state index in [2.05, 4.69) is 15.8 Å². The van der Waals surface area contributed by atoms with Crippen LogP contribution in [0.1, 0.15) is 5.56 Å². The summed E-state index contributed by atoms with van der Waals surface area (Å²) in [6.45, 7) is 0. The molecule has 0 radical (unpaired) electrons. The highest BCUT2D eigenvalue weighted by Gasteiger charge is 2.15. The number of rotatable bonds is 5. The first kappa shape index (κ1) is 21.4. The van der Waals surface area contributed by atoms with Gasteiger partial charge >= 0.3 is 0 Å². The zero-order valence-electron chi connectivity index (χ0n) is 16.7. The Morgan fingerprint density at radius 2 is 1.56 bits per heavy atom. The number of nitrogen functional groups attached to an aromatic ring is 1. The first-order valence-corrected chi connectivity index (χ1v) is 11.4. The maximum absolute atomic E-state index is 12.6. The molecule has 1 aromatic heterocycles. The van der Waals surface area contributed by atoms with Gasteiger partial charge in [0.2, 0.25) is 0 Å². The molecule has 0 amide bonds. The second-order valence-corrected chi connectivity index (χ2v) is 9.05. The number of nitrogens with one attached hydrogen (secondary N) is 1. The van der Waals surface area contributed by atoms with Crippen LogP contribution in [-0.4, -0.2) is 13.4 Å². The number of aromatic nitrogens is 1. The molecule has 0 unspecified atom stereocenters. The smallest absolute Gasteiger partial charge is 0.261 e. The van der Waals surface area contributed by atoms with Crippen molar-refractivity contribution in [1.29, 1.82) is 5.26 Å². The Balaban J connectivity index is 1.65. The van der Waals surface area contributed by atoms with E-state index in [1.165, 1.54) is 24.3 Å². The predicted molar refractivity (Wildman–Crippen MR) is 126 cm³/mol. The average Bonchev–Trinajstić information content (AvgIpc) is 2.79. The Hall–Kier alpha value is -3.86. The van der Waals surface area contributed by atoms with Crippen molar-refractivity contribution in [3.63, 3.8) is 0 Å². The lowest BCUT2D eigenvalue weighted by Gasteiger charge is -2.11. The van der Waals surface area contributed by atoms with Gasteiger partial charge in [0.25, 0.3) is 10.0 Å². The highest BCUT2D eigenvalue weighted by Crippen LogP contribution is 2.31. The maximum atomic E-state index is 12.6. The first-order valence-electron chi connectivity index (χ1n) is 9.52. The highest BCUT2D eigenvalue weighted by atomic mass is 35.5. The van der Waals surface area contributed by atoms with Gasteiger partial charge in [-0.2, -0.15) is 5.26 Å². The van der Waals surface area contributed by atoms with Crippen molar-refractivity contribution < 1.29 is 8.42 Å². The molecule has 0 aliphatic heterocycles. The number of hydrogen-bond acceptors (Lipinski definition) is 5. The summed E-state index contributed by atoms with van der Waals surface area (Å²) >= 11 is 5.83. The molecule has 0 bridgehead atoms. The number of halogens is 1. The fraction of sp³-hybridized carbons (Fsp3) is 0. The van der Waals surface area contributed by atoms with E-state index in [0.29, 0.717) is 27.5 Å². The van der Waals surface area contributed by atoms with Gasteiger partial charge in [0, 0.05) is 21.8 Å². The molecular weight excluding hydrogens is 444 g/mol. The molecule has 32 heavy (non-hydrogen) atoms. The summed E-state index contributed by atoms with van der Waals surface area (Å²) < 4.78 is 27.7. The van der Waals surface area contributed by atoms with Crippen LogP contribution >= 0.6 is 11.6 Å². The van der Waals surface area contributed by atoms with E-state index < -0.39 is 10.0 Å². The van der Waals surface area contributed by atoms with Crippen LogP contribution in [0.15, 0.2) is 89.8 Å². The normalized spacial score (nSPS) is 11.0.